The first kappa shape index (κ1) is 18.2. The van der Waals surface area contributed by atoms with Gasteiger partial charge in [0.15, 0.2) is 8.32 Å². The molecule has 0 aliphatic heterocycles. The third kappa shape index (κ3) is 8.31. The highest BCUT2D eigenvalue weighted by molar-refractivity contribution is 6.74. The van der Waals surface area contributed by atoms with E-state index < -0.39 is 8.32 Å². The molecule has 0 heterocycles. The molecule has 0 N–H and O–H groups in total. The average molecular weight is 273 g/mol. The molecule has 0 aromatic heterocycles. The molecule has 1 nitrogen and oxygen atoms in total. The van der Waals surface area contributed by atoms with Gasteiger partial charge in [-0.1, -0.05) is 62.3 Å². The van der Waals surface area contributed by atoms with E-state index >= 15 is 0 Å². The monoisotopic (exact) mass is 272 g/mol. The number of rotatable bonds is 4. The number of hydrogen-bond donors (Lipinski definition) is 0. The molecule has 0 radical (unpaired) electrons. The molecule has 0 aliphatic carbocycles. The van der Waals surface area contributed by atoms with E-state index in [1.165, 1.54) is 18.1 Å². The summed E-state index contributed by atoms with van der Waals surface area (Å²) in [6, 6.07) is 3.76. The van der Waals surface area contributed by atoms with E-state index in [0.717, 1.165) is 0 Å². The molecule has 0 unspecified atom stereocenters. The molecule has 0 rings (SSSR count). The zero-order valence-corrected chi connectivity index (χ0v) is 15.5. The Labute approximate surface area is 117 Å². The summed E-state index contributed by atoms with van der Waals surface area (Å²) < 4.78 is 6.20. The largest absolute Gasteiger partial charge is 0.420 e. The van der Waals surface area contributed by atoms with E-state index in [4.69, 9.17) is 4.43 Å². The highest BCUT2D eigenvalue weighted by Gasteiger charge is 2.43. The fourth-order valence-corrected chi connectivity index (χ4v) is 9.91. The lowest BCUT2D eigenvalue weighted by Crippen LogP contribution is -2.46. The molecular weight excluding hydrogens is 236 g/mol. The van der Waals surface area contributed by atoms with Crippen LogP contribution >= 0.6 is 0 Å². The molecule has 0 aromatic rings. The predicted octanol–water partition coefficient (Wildman–Crippen LogP) is 5.72. The van der Waals surface area contributed by atoms with Gasteiger partial charge in [0, 0.05) is 7.11 Å². The van der Waals surface area contributed by atoms with Crippen molar-refractivity contribution in [3.8, 4) is 0 Å². The van der Waals surface area contributed by atoms with Crippen molar-refractivity contribution in [1.29, 1.82) is 0 Å². The molecule has 18 heavy (non-hydrogen) atoms. The minimum absolute atomic E-state index is 0.360. The highest BCUT2D eigenvalue weighted by atomic mass is 28.4. The van der Waals surface area contributed by atoms with Crippen molar-refractivity contribution >= 4 is 8.32 Å². The number of hydrogen-bond acceptors (Lipinski definition) is 1. The van der Waals surface area contributed by atoms with Gasteiger partial charge in [0.25, 0.3) is 0 Å². The van der Waals surface area contributed by atoms with Gasteiger partial charge >= 0.3 is 0 Å². The SMILES string of the molecule is CO[Si](CC(C)(C)C)(CC(C)(C)C)CC(C)(C)C. The van der Waals surface area contributed by atoms with E-state index in [9.17, 15) is 0 Å². The van der Waals surface area contributed by atoms with Crippen LogP contribution in [0.1, 0.15) is 62.3 Å². The standard InChI is InChI=1S/C16H36OSi/c1-14(2,3)11-18(17-10,12-15(4,5)6)13-16(7,8)9/h11-13H2,1-10H3. The van der Waals surface area contributed by atoms with Gasteiger partial charge in [-0.3, -0.25) is 0 Å². The van der Waals surface area contributed by atoms with Gasteiger partial charge in [-0.05, 0) is 34.4 Å². The Bertz CT molecular complexity index is 209. The fourth-order valence-electron chi connectivity index (χ4n) is 3.30. The molecule has 0 bridgehead atoms. The summed E-state index contributed by atoms with van der Waals surface area (Å²) in [5.74, 6) is 0. The van der Waals surface area contributed by atoms with Crippen LogP contribution in [0.3, 0.4) is 0 Å². The van der Waals surface area contributed by atoms with E-state index in [1.807, 2.05) is 7.11 Å². The predicted molar refractivity (Wildman–Crippen MR) is 85.5 cm³/mol. The summed E-state index contributed by atoms with van der Waals surface area (Å²) in [6.45, 7) is 21.1. The first-order valence-electron chi connectivity index (χ1n) is 7.23. The van der Waals surface area contributed by atoms with Crippen LogP contribution in [-0.4, -0.2) is 15.4 Å². The lowest BCUT2D eigenvalue weighted by molar-refractivity contribution is 0.306. The first-order chi connectivity index (χ1) is 7.68. The average Bonchev–Trinajstić information content (AvgIpc) is 1.93. The minimum Gasteiger partial charge on any atom is -0.420 e. The second-order valence-electron chi connectivity index (χ2n) is 9.60. The minimum atomic E-state index is -1.68. The third-order valence-electron chi connectivity index (χ3n) is 2.99. The molecular formula is C16H36OSi. The maximum absolute atomic E-state index is 6.20. The van der Waals surface area contributed by atoms with Crippen molar-refractivity contribution in [2.75, 3.05) is 7.11 Å². The zero-order valence-electron chi connectivity index (χ0n) is 14.5. The molecule has 0 saturated carbocycles. The fraction of sp³-hybridized carbons (Fsp3) is 1.00. The second kappa shape index (κ2) is 5.66. The second-order valence-corrected chi connectivity index (χ2v) is 13.4. The van der Waals surface area contributed by atoms with Gasteiger partial charge in [-0.2, -0.15) is 0 Å². The van der Waals surface area contributed by atoms with Gasteiger partial charge < -0.3 is 4.43 Å². The van der Waals surface area contributed by atoms with E-state index in [0.29, 0.717) is 16.2 Å². The van der Waals surface area contributed by atoms with Crippen molar-refractivity contribution < 1.29 is 4.43 Å². The van der Waals surface area contributed by atoms with Crippen LogP contribution in [-0.2, 0) is 4.43 Å². The van der Waals surface area contributed by atoms with Crippen LogP contribution in [0.25, 0.3) is 0 Å². The molecule has 0 fully saturated rings. The molecule has 0 spiro atoms. The van der Waals surface area contributed by atoms with E-state index in [1.54, 1.807) is 0 Å². The molecule has 110 valence electrons. The van der Waals surface area contributed by atoms with Gasteiger partial charge in [0.05, 0.1) is 0 Å². The van der Waals surface area contributed by atoms with Crippen LogP contribution in [0.2, 0.25) is 18.1 Å². The Morgan fingerprint density at radius 2 is 0.833 bits per heavy atom. The summed E-state index contributed by atoms with van der Waals surface area (Å²) in [5.41, 5.74) is 1.08. The van der Waals surface area contributed by atoms with Crippen molar-refractivity contribution in [2.24, 2.45) is 16.2 Å². The van der Waals surface area contributed by atoms with Gasteiger partial charge in [0.2, 0.25) is 0 Å². The Morgan fingerprint density at radius 3 is 0.944 bits per heavy atom. The Balaban J connectivity index is 5.20. The maximum atomic E-state index is 6.20. The third-order valence-corrected chi connectivity index (χ3v) is 8.97. The smallest absolute Gasteiger partial charge is 0.193 e. The van der Waals surface area contributed by atoms with Crippen molar-refractivity contribution in [3.05, 3.63) is 0 Å². The molecule has 0 aliphatic rings. The van der Waals surface area contributed by atoms with Gasteiger partial charge in [-0.15, -0.1) is 0 Å². The summed E-state index contributed by atoms with van der Waals surface area (Å²) in [7, 11) is 0.278. The molecule has 0 saturated heterocycles. The van der Waals surface area contributed by atoms with Crippen molar-refractivity contribution in [3.63, 3.8) is 0 Å². The van der Waals surface area contributed by atoms with E-state index in [-0.39, 0.29) is 0 Å². The van der Waals surface area contributed by atoms with Gasteiger partial charge in [0.1, 0.15) is 0 Å². The van der Waals surface area contributed by atoms with Crippen LogP contribution in [0, 0.1) is 16.2 Å². The summed E-state index contributed by atoms with van der Waals surface area (Å²) in [4.78, 5) is 0. The Kier molecular flexibility index (Phi) is 5.72. The zero-order chi connectivity index (χ0) is 14.8. The summed E-state index contributed by atoms with van der Waals surface area (Å²) in [6.07, 6.45) is 0. The van der Waals surface area contributed by atoms with Crippen LogP contribution < -0.4 is 0 Å². The Hall–Kier alpha value is 0.177. The van der Waals surface area contributed by atoms with Crippen molar-refractivity contribution in [1.82, 2.24) is 0 Å². The molecule has 0 amide bonds. The lowest BCUT2D eigenvalue weighted by Gasteiger charge is -2.42. The normalized spacial score (nSPS) is 15.0. The molecule has 0 atom stereocenters. The quantitative estimate of drug-likeness (QED) is 0.595. The van der Waals surface area contributed by atoms with Crippen LogP contribution in [0.15, 0.2) is 0 Å². The van der Waals surface area contributed by atoms with E-state index in [2.05, 4.69) is 62.3 Å². The first-order valence-corrected chi connectivity index (χ1v) is 9.76. The van der Waals surface area contributed by atoms with Crippen LogP contribution in [0.5, 0.6) is 0 Å². The van der Waals surface area contributed by atoms with Gasteiger partial charge in [-0.25, -0.2) is 0 Å². The lowest BCUT2D eigenvalue weighted by atomic mass is 9.99. The molecule has 0 aromatic carbocycles. The van der Waals surface area contributed by atoms with Crippen LogP contribution in [0.4, 0.5) is 0 Å². The van der Waals surface area contributed by atoms with Crippen molar-refractivity contribution in [2.45, 2.75) is 80.4 Å². The molecule has 2 heteroatoms. The topological polar surface area (TPSA) is 9.23 Å². The summed E-state index contributed by atoms with van der Waals surface area (Å²) >= 11 is 0. The maximum Gasteiger partial charge on any atom is 0.193 e. The summed E-state index contributed by atoms with van der Waals surface area (Å²) in [5, 5.41) is 0. The Morgan fingerprint density at radius 1 is 0.611 bits per heavy atom. The highest BCUT2D eigenvalue weighted by Crippen LogP contribution is 2.43.